The molecule has 0 heterocycles. The zero-order valence-corrected chi connectivity index (χ0v) is 10.9. The van der Waals surface area contributed by atoms with Crippen LogP contribution in [-0.2, 0) is 11.2 Å². The summed E-state index contributed by atoms with van der Waals surface area (Å²) in [6.07, 6.45) is 4.17. The van der Waals surface area contributed by atoms with Gasteiger partial charge in [-0.3, -0.25) is 4.79 Å². The molecule has 1 rings (SSSR count). The predicted molar refractivity (Wildman–Crippen MR) is 70.5 cm³/mol. The minimum atomic E-state index is 0.360. The summed E-state index contributed by atoms with van der Waals surface area (Å²) in [5.74, 6) is 1.27. The average Bonchev–Trinajstić information content (AvgIpc) is 2.35. The summed E-state index contributed by atoms with van der Waals surface area (Å²) in [4.78, 5) is 11.4. The van der Waals surface area contributed by atoms with Crippen LogP contribution in [0.1, 0.15) is 45.1 Å². The summed E-state index contributed by atoms with van der Waals surface area (Å²) in [6, 6.07) is 8.05. The normalized spacial score (nSPS) is 10.2. The lowest BCUT2D eigenvalue weighted by Gasteiger charge is -2.05. The molecule has 0 spiro atoms. The van der Waals surface area contributed by atoms with Crippen LogP contribution in [0.2, 0.25) is 0 Å². The van der Waals surface area contributed by atoms with E-state index < -0.39 is 0 Å². The average molecular weight is 234 g/mol. The van der Waals surface area contributed by atoms with E-state index in [0.717, 1.165) is 31.6 Å². The fourth-order valence-electron chi connectivity index (χ4n) is 1.66. The summed E-state index contributed by atoms with van der Waals surface area (Å²) in [5.41, 5.74) is 1.21. The lowest BCUT2D eigenvalue weighted by molar-refractivity contribution is -0.119. The van der Waals surface area contributed by atoms with E-state index >= 15 is 0 Å². The molecular weight excluding hydrogens is 212 g/mol. The molecule has 0 aromatic heterocycles. The van der Waals surface area contributed by atoms with E-state index in [-0.39, 0.29) is 0 Å². The third kappa shape index (κ3) is 5.53. The number of benzene rings is 1. The number of ketones is 1. The van der Waals surface area contributed by atoms with Crippen LogP contribution in [0, 0.1) is 0 Å². The summed E-state index contributed by atoms with van der Waals surface area (Å²) in [5, 5.41) is 0. The molecule has 0 amide bonds. The molecule has 0 aliphatic rings. The fourth-order valence-corrected chi connectivity index (χ4v) is 1.66. The first-order valence-electron chi connectivity index (χ1n) is 6.49. The van der Waals surface area contributed by atoms with Gasteiger partial charge >= 0.3 is 0 Å². The summed E-state index contributed by atoms with van der Waals surface area (Å²) in [6.45, 7) is 4.89. The molecule has 1 aromatic carbocycles. The van der Waals surface area contributed by atoms with Gasteiger partial charge in [-0.25, -0.2) is 0 Å². The maximum absolute atomic E-state index is 11.4. The summed E-state index contributed by atoms with van der Waals surface area (Å²) >= 11 is 0. The number of aryl methyl sites for hydroxylation is 1. The number of carbonyl (C=O) groups excluding carboxylic acids is 1. The Kier molecular flexibility index (Phi) is 6.38. The van der Waals surface area contributed by atoms with Crippen molar-refractivity contribution in [1.82, 2.24) is 0 Å². The quantitative estimate of drug-likeness (QED) is 0.684. The topological polar surface area (TPSA) is 26.3 Å². The molecular formula is C15H22O2. The first-order chi connectivity index (χ1) is 8.26. The molecule has 94 valence electrons. The molecule has 2 nitrogen and oxygen atoms in total. The number of carbonyl (C=O) groups is 1. The van der Waals surface area contributed by atoms with E-state index in [9.17, 15) is 4.79 Å². The van der Waals surface area contributed by atoms with E-state index in [4.69, 9.17) is 4.74 Å². The Hall–Kier alpha value is -1.31. The molecule has 0 radical (unpaired) electrons. The molecule has 0 fully saturated rings. The van der Waals surface area contributed by atoms with Gasteiger partial charge in [-0.15, -0.1) is 0 Å². The van der Waals surface area contributed by atoms with Crippen LogP contribution in [0.3, 0.4) is 0 Å². The number of ether oxygens (including phenoxy) is 1. The first kappa shape index (κ1) is 13.8. The van der Waals surface area contributed by atoms with Crippen LogP contribution < -0.4 is 4.74 Å². The third-order valence-corrected chi connectivity index (χ3v) is 2.62. The lowest BCUT2D eigenvalue weighted by atomic mass is 10.1. The maximum Gasteiger partial charge on any atom is 0.133 e. The molecule has 0 aliphatic heterocycles. The highest BCUT2D eigenvalue weighted by atomic mass is 16.5. The second-order valence-corrected chi connectivity index (χ2v) is 4.28. The van der Waals surface area contributed by atoms with Crippen molar-refractivity contribution in [3.63, 3.8) is 0 Å². The number of rotatable bonds is 8. The van der Waals surface area contributed by atoms with E-state index in [1.807, 2.05) is 31.2 Å². The standard InChI is InChI=1S/C15H22O2/c1-3-5-14(16)9-6-13-7-10-15(11-8-13)17-12-4-2/h7-8,10-11H,3-6,9,12H2,1-2H3. The van der Waals surface area contributed by atoms with Crippen LogP contribution >= 0.6 is 0 Å². The third-order valence-electron chi connectivity index (χ3n) is 2.62. The SMILES string of the molecule is CCCOc1ccc(CCC(=O)CCC)cc1. The van der Waals surface area contributed by atoms with E-state index in [1.54, 1.807) is 0 Å². The van der Waals surface area contributed by atoms with E-state index in [1.165, 1.54) is 5.56 Å². The molecule has 0 saturated carbocycles. The fraction of sp³-hybridized carbons (Fsp3) is 0.533. The molecule has 0 aliphatic carbocycles. The van der Waals surface area contributed by atoms with Gasteiger partial charge in [0.25, 0.3) is 0 Å². The Morgan fingerprint density at radius 2 is 1.76 bits per heavy atom. The van der Waals surface area contributed by atoms with Gasteiger partial charge in [0.2, 0.25) is 0 Å². The van der Waals surface area contributed by atoms with Crippen molar-refractivity contribution < 1.29 is 9.53 Å². The first-order valence-corrected chi connectivity index (χ1v) is 6.49. The highest BCUT2D eigenvalue weighted by molar-refractivity contribution is 5.78. The highest BCUT2D eigenvalue weighted by Crippen LogP contribution is 2.14. The Labute approximate surface area is 104 Å². The monoisotopic (exact) mass is 234 g/mol. The van der Waals surface area contributed by atoms with E-state index in [2.05, 4.69) is 6.92 Å². The van der Waals surface area contributed by atoms with Crippen LogP contribution in [0.25, 0.3) is 0 Å². The Morgan fingerprint density at radius 3 is 2.35 bits per heavy atom. The Morgan fingerprint density at radius 1 is 1.06 bits per heavy atom. The Bertz CT molecular complexity index is 327. The predicted octanol–water partition coefficient (Wildman–Crippen LogP) is 3.78. The minimum absolute atomic E-state index is 0.360. The number of Topliss-reactive ketones (excluding diaryl/α,β-unsaturated/α-hetero) is 1. The van der Waals surface area contributed by atoms with Crippen molar-refractivity contribution in [2.24, 2.45) is 0 Å². The van der Waals surface area contributed by atoms with Gasteiger partial charge in [-0.2, -0.15) is 0 Å². The molecule has 0 bridgehead atoms. The van der Waals surface area contributed by atoms with Gasteiger partial charge in [0.15, 0.2) is 0 Å². The van der Waals surface area contributed by atoms with Gasteiger partial charge in [-0.1, -0.05) is 26.0 Å². The minimum Gasteiger partial charge on any atom is -0.494 e. The zero-order valence-electron chi connectivity index (χ0n) is 10.9. The van der Waals surface area contributed by atoms with E-state index in [0.29, 0.717) is 18.6 Å². The van der Waals surface area contributed by atoms with Crippen LogP contribution in [0.15, 0.2) is 24.3 Å². The summed E-state index contributed by atoms with van der Waals surface area (Å²) < 4.78 is 5.51. The highest BCUT2D eigenvalue weighted by Gasteiger charge is 2.01. The summed E-state index contributed by atoms with van der Waals surface area (Å²) in [7, 11) is 0. The van der Waals surface area contributed by atoms with Crippen LogP contribution in [0.4, 0.5) is 0 Å². The van der Waals surface area contributed by atoms with Gasteiger partial charge < -0.3 is 4.74 Å². The number of hydrogen-bond acceptors (Lipinski definition) is 2. The Balaban J connectivity index is 2.37. The lowest BCUT2D eigenvalue weighted by Crippen LogP contribution is -1.99. The molecule has 2 heteroatoms. The number of hydrogen-bond donors (Lipinski definition) is 0. The van der Waals surface area contributed by atoms with Crippen molar-refractivity contribution in [1.29, 1.82) is 0 Å². The van der Waals surface area contributed by atoms with Gasteiger partial charge in [0.05, 0.1) is 6.61 Å². The largest absolute Gasteiger partial charge is 0.494 e. The van der Waals surface area contributed by atoms with Crippen molar-refractivity contribution in [2.75, 3.05) is 6.61 Å². The zero-order chi connectivity index (χ0) is 12.5. The molecule has 1 aromatic rings. The van der Waals surface area contributed by atoms with Gasteiger partial charge in [0.1, 0.15) is 11.5 Å². The second-order valence-electron chi connectivity index (χ2n) is 4.28. The van der Waals surface area contributed by atoms with Crippen LogP contribution in [-0.4, -0.2) is 12.4 Å². The molecule has 0 unspecified atom stereocenters. The molecule has 0 saturated heterocycles. The van der Waals surface area contributed by atoms with Gasteiger partial charge in [-0.05, 0) is 37.0 Å². The van der Waals surface area contributed by atoms with Crippen molar-refractivity contribution in [3.8, 4) is 5.75 Å². The van der Waals surface area contributed by atoms with Crippen molar-refractivity contribution >= 4 is 5.78 Å². The second kappa shape index (κ2) is 7.88. The van der Waals surface area contributed by atoms with Gasteiger partial charge in [0, 0.05) is 12.8 Å². The smallest absolute Gasteiger partial charge is 0.133 e. The molecule has 0 N–H and O–H groups in total. The molecule has 0 atom stereocenters. The van der Waals surface area contributed by atoms with Crippen molar-refractivity contribution in [2.45, 2.75) is 46.0 Å². The molecule has 17 heavy (non-hydrogen) atoms. The maximum atomic E-state index is 11.4. The van der Waals surface area contributed by atoms with Crippen molar-refractivity contribution in [3.05, 3.63) is 29.8 Å². The van der Waals surface area contributed by atoms with Crippen LogP contribution in [0.5, 0.6) is 5.75 Å².